The molecule has 0 bridgehead atoms. The first-order valence-electron chi connectivity index (χ1n) is 7.25. The summed E-state index contributed by atoms with van der Waals surface area (Å²) in [6.07, 6.45) is 2.00. The summed E-state index contributed by atoms with van der Waals surface area (Å²) in [5.74, 6) is -0.542. The topological polar surface area (TPSA) is 74.7 Å². The fourth-order valence-electron chi connectivity index (χ4n) is 3.52. The van der Waals surface area contributed by atoms with Crippen molar-refractivity contribution in [1.29, 1.82) is 0 Å². The summed E-state index contributed by atoms with van der Waals surface area (Å²) in [6.45, 7) is 1.51. The number of hydrogen-bond donors (Lipinski definition) is 1. The molecule has 2 atom stereocenters. The van der Waals surface area contributed by atoms with Crippen molar-refractivity contribution >= 4 is 15.8 Å². The number of nitrogens with zero attached hydrogens (tertiary/aromatic N) is 1. The molecule has 3 rings (SSSR count). The van der Waals surface area contributed by atoms with E-state index in [0.29, 0.717) is 11.4 Å². The van der Waals surface area contributed by atoms with Gasteiger partial charge in [0.15, 0.2) is 9.84 Å². The van der Waals surface area contributed by atoms with Crippen LogP contribution in [0.1, 0.15) is 30.9 Å². The Morgan fingerprint density at radius 1 is 1.33 bits per heavy atom. The van der Waals surface area contributed by atoms with Crippen molar-refractivity contribution in [3.8, 4) is 0 Å². The number of carboxylic acids is 1. The Kier molecular flexibility index (Phi) is 3.75. The van der Waals surface area contributed by atoms with Crippen molar-refractivity contribution in [2.45, 2.75) is 30.2 Å². The van der Waals surface area contributed by atoms with E-state index in [1.807, 2.05) is 12.1 Å². The monoisotopic (exact) mass is 309 g/mol. The normalized spacial score (nSPS) is 28.2. The van der Waals surface area contributed by atoms with Gasteiger partial charge in [-0.2, -0.15) is 0 Å². The lowest BCUT2D eigenvalue weighted by Gasteiger charge is -2.36. The van der Waals surface area contributed by atoms with Gasteiger partial charge in [0, 0.05) is 13.0 Å². The Bertz CT molecular complexity index is 655. The van der Waals surface area contributed by atoms with Gasteiger partial charge in [-0.05, 0) is 36.9 Å². The van der Waals surface area contributed by atoms with E-state index in [0.717, 1.165) is 24.9 Å². The molecule has 1 aromatic rings. The highest BCUT2D eigenvalue weighted by molar-refractivity contribution is 7.91. The van der Waals surface area contributed by atoms with Crippen LogP contribution in [-0.2, 0) is 14.6 Å². The van der Waals surface area contributed by atoms with E-state index in [2.05, 4.69) is 4.90 Å². The third-order valence-corrected chi connectivity index (χ3v) is 6.24. The summed E-state index contributed by atoms with van der Waals surface area (Å²) in [5, 5.41) is 8.94. The molecule has 0 aromatic heterocycles. The van der Waals surface area contributed by atoms with E-state index >= 15 is 0 Å². The third-order valence-electron chi connectivity index (χ3n) is 4.44. The first kappa shape index (κ1) is 14.5. The number of fused-ring (bicyclic) bond motifs is 1. The first-order valence-corrected chi connectivity index (χ1v) is 8.90. The fraction of sp³-hybridized carbons (Fsp3) is 0.533. The highest BCUT2D eigenvalue weighted by atomic mass is 32.2. The van der Waals surface area contributed by atoms with Crippen LogP contribution in [0, 0.1) is 5.92 Å². The van der Waals surface area contributed by atoms with Gasteiger partial charge in [0.1, 0.15) is 0 Å². The molecule has 0 saturated carbocycles. The van der Waals surface area contributed by atoms with Crippen LogP contribution >= 0.6 is 0 Å². The van der Waals surface area contributed by atoms with Crippen molar-refractivity contribution < 1.29 is 18.3 Å². The molecule has 114 valence electrons. The molecular formula is C15H19NO4S. The highest BCUT2D eigenvalue weighted by Crippen LogP contribution is 2.38. The fourth-order valence-corrected chi connectivity index (χ4v) is 5.36. The number of aliphatic carboxylic acids is 1. The zero-order chi connectivity index (χ0) is 15.0. The lowest BCUT2D eigenvalue weighted by Crippen LogP contribution is -2.39. The van der Waals surface area contributed by atoms with Crippen LogP contribution in [0.5, 0.6) is 0 Å². The molecule has 1 saturated heterocycles. The van der Waals surface area contributed by atoms with Crippen molar-refractivity contribution in [3.05, 3.63) is 29.8 Å². The molecule has 1 N–H and O–H groups in total. The summed E-state index contributed by atoms with van der Waals surface area (Å²) in [7, 11) is -3.20. The molecule has 0 spiro atoms. The van der Waals surface area contributed by atoms with E-state index < -0.39 is 15.8 Å². The predicted octanol–water partition coefficient (Wildman–Crippen LogP) is 1.70. The second-order valence-corrected chi connectivity index (χ2v) is 7.94. The summed E-state index contributed by atoms with van der Waals surface area (Å²) < 4.78 is 24.5. The predicted molar refractivity (Wildman–Crippen MR) is 77.8 cm³/mol. The van der Waals surface area contributed by atoms with E-state index in [-0.39, 0.29) is 24.1 Å². The lowest BCUT2D eigenvalue weighted by atomic mass is 9.93. The molecule has 5 nitrogen and oxygen atoms in total. The van der Waals surface area contributed by atoms with E-state index in [1.165, 1.54) is 0 Å². The van der Waals surface area contributed by atoms with Crippen molar-refractivity contribution in [3.63, 3.8) is 0 Å². The molecule has 2 unspecified atom stereocenters. The molecule has 2 heterocycles. The number of sulfone groups is 1. The summed E-state index contributed by atoms with van der Waals surface area (Å²) >= 11 is 0. The lowest BCUT2D eigenvalue weighted by molar-refractivity contribution is -0.138. The Morgan fingerprint density at radius 3 is 2.86 bits per heavy atom. The van der Waals surface area contributed by atoms with E-state index in [9.17, 15) is 13.2 Å². The van der Waals surface area contributed by atoms with Gasteiger partial charge in [-0.3, -0.25) is 9.69 Å². The second-order valence-electron chi connectivity index (χ2n) is 5.94. The van der Waals surface area contributed by atoms with Crippen molar-refractivity contribution in [2.24, 2.45) is 5.92 Å². The van der Waals surface area contributed by atoms with Gasteiger partial charge in [0.2, 0.25) is 0 Å². The molecule has 0 radical (unpaired) electrons. The standard InChI is InChI=1S/C15H19NO4S/c17-15(18)8-11-4-3-7-16(9-11)13-10-21(19,20)14-6-2-1-5-12(13)14/h1-2,5-6,11,13H,3-4,7-10H2,(H,17,18). The summed E-state index contributed by atoms with van der Waals surface area (Å²) in [5.41, 5.74) is 0.869. The number of benzene rings is 1. The maximum Gasteiger partial charge on any atom is 0.303 e. The molecule has 2 aliphatic rings. The number of likely N-dealkylation sites (tertiary alicyclic amines) is 1. The second kappa shape index (κ2) is 5.42. The molecule has 0 aliphatic carbocycles. The SMILES string of the molecule is O=C(O)CC1CCCN(C2CS(=O)(=O)c3ccccc32)C1. The van der Waals surface area contributed by atoms with Gasteiger partial charge >= 0.3 is 5.97 Å². The van der Waals surface area contributed by atoms with Crippen molar-refractivity contribution in [1.82, 2.24) is 4.90 Å². The summed E-state index contributed by atoms with van der Waals surface area (Å²) in [6, 6.07) is 7.05. The van der Waals surface area contributed by atoms with Crippen LogP contribution in [0.15, 0.2) is 29.2 Å². The number of piperidine rings is 1. The van der Waals surface area contributed by atoms with E-state index in [1.54, 1.807) is 12.1 Å². The van der Waals surface area contributed by atoms with Crippen LogP contribution in [0.2, 0.25) is 0 Å². The minimum absolute atomic E-state index is 0.117. The molecule has 21 heavy (non-hydrogen) atoms. The molecule has 1 fully saturated rings. The number of carbonyl (C=O) groups is 1. The average molecular weight is 309 g/mol. The smallest absolute Gasteiger partial charge is 0.303 e. The average Bonchev–Trinajstić information content (AvgIpc) is 2.71. The van der Waals surface area contributed by atoms with Gasteiger partial charge in [-0.15, -0.1) is 0 Å². The van der Waals surface area contributed by atoms with Gasteiger partial charge in [0.25, 0.3) is 0 Å². The highest BCUT2D eigenvalue weighted by Gasteiger charge is 2.39. The molecule has 6 heteroatoms. The number of carboxylic acid groups (broad SMARTS) is 1. The van der Waals surface area contributed by atoms with Crippen LogP contribution in [-0.4, -0.2) is 43.2 Å². The van der Waals surface area contributed by atoms with E-state index in [4.69, 9.17) is 5.11 Å². The zero-order valence-electron chi connectivity index (χ0n) is 11.7. The Hall–Kier alpha value is -1.40. The third kappa shape index (κ3) is 2.82. The molecule has 0 amide bonds. The number of rotatable bonds is 3. The Balaban J connectivity index is 1.83. The molecular weight excluding hydrogens is 290 g/mol. The van der Waals surface area contributed by atoms with Gasteiger partial charge < -0.3 is 5.11 Å². The van der Waals surface area contributed by atoms with Crippen LogP contribution in [0.25, 0.3) is 0 Å². The quantitative estimate of drug-likeness (QED) is 0.920. The van der Waals surface area contributed by atoms with Gasteiger partial charge in [0.05, 0.1) is 16.7 Å². The van der Waals surface area contributed by atoms with Crippen molar-refractivity contribution in [2.75, 3.05) is 18.8 Å². The van der Waals surface area contributed by atoms with Crippen LogP contribution < -0.4 is 0 Å². The maximum atomic E-state index is 12.2. The number of hydrogen-bond acceptors (Lipinski definition) is 4. The van der Waals surface area contributed by atoms with Crippen LogP contribution in [0.4, 0.5) is 0 Å². The Labute approximate surface area is 124 Å². The largest absolute Gasteiger partial charge is 0.481 e. The minimum atomic E-state index is -3.20. The van der Waals surface area contributed by atoms with Gasteiger partial charge in [-0.1, -0.05) is 18.2 Å². The zero-order valence-corrected chi connectivity index (χ0v) is 12.6. The van der Waals surface area contributed by atoms with Gasteiger partial charge in [-0.25, -0.2) is 8.42 Å². The molecule has 1 aromatic carbocycles. The Morgan fingerprint density at radius 2 is 2.10 bits per heavy atom. The maximum absolute atomic E-state index is 12.2. The minimum Gasteiger partial charge on any atom is -0.481 e. The van der Waals surface area contributed by atoms with Crippen LogP contribution in [0.3, 0.4) is 0 Å². The molecule has 2 aliphatic heterocycles. The summed E-state index contributed by atoms with van der Waals surface area (Å²) in [4.78, 5) is 13.5. The first-order chi connectivity index (χ1) is 9.97.